The minimum absolute atomic E-state index is 0.725. The lowest BCUT2D eigenvalue weighted by molar-refractivity contribution is 0.943. The maximum absolute atomic E-state index is 4.58. The summed E-state index contributed by atoms with van der Waals surface area (Å²) in [5.74, 6) is 0. The van der Waals surface area contributed by atoms with Crippen LogP contribution in [0.25, 0.3) is 4.96 Å². The van der Waals surface area contributed by atoms with E-state index >= 15 is 0 Å². The molecule has 3 rings (SSSR count). The largest absolute Gasteiger partial charge is 0.354 e. The molecule has 0 amide bonds. The zero-order valence-corrected chi connectivity index (χ0v) is 12.7. The minimum Gasteiger partial charge on any atom is -0.354 e. The van der Waals surface area contributed by atoms with Crippen molar-refractivity contribution in [2.75, 3.05) is 5.32 Å². The third kappa shape index (κ3) is 2.23. The Morgan fingerprint density at radius 2 is 2.16 bits per heavy atom. The first kappa shape index (κ1) is 12.6. The van der Waals surface area contributed by atoms with E-state index in [0.717, 1.165) is 33.8 Å². The number of anilines is 1. The van der Waals surface area contributed by atoms with E-state index in [1.165, 1.54) is 11.4 Å². The van der Waals surface area contributed by atoms with Crippen LogP contribution in [0.3, 0.4) is 0 Å². The lowest BCUT2D eigenvalue weighted by Crippen LogP contribution is -2.04. The zero-order chi connectivity index (χ0) is 13.4. The van der Waals surface area contributed by atoms with E-state index in [4.69, 9.17) is 0 Å². The number of aromatic nitrogens is 4. The summed E-state index contributed by atoms with van der Waals surface area (Å²) in [6, 6.07) is 0. The van der Waals surface area contributed by atoms with Gasteiger partial charge in [0, 0.05) is 11.1 Å². The Morgan fingerprint density at radius 1 is 1.32 bits per heavy atom. The number of imidazole rings is 1. The number of aryl methyl sites for hydroxylation is 3. The van der Waals surface area contributed by atoms with Crippen molar-refractivity contribution in [2.45, 2.75) is 33.7 Å². The van der Waals surface area contributed by atoms with Crippen LogP contribution in [0, 0.1) is 13.8 Å². The molecule has 0 saturated carbocycles. The van der Waals surface area contributed by atoms with Gasteiger partial charge in [0.15, 0.2) is 4.96 Å². The van der Waals surface area contributed by atoms with Crippen molar-refractivity contribution in [3.63, 3.8) is 0 Å². The second-order valence-electron chi connectivity index (χ2n) is 4.35. The van der Waals surface area contributed by atoms with Crippen molar-refractivity contribution >= 4 is 32.8 Å². The van der Waals surface area contributed by atoms with Crippen LogP contribution < -0.4 is 5.32 Å². The molecule has 3 heterocycles. The summed E-state index contributed by atoms with van der Waals surface area (Å²) >= 11 is 3.29. The predicted octanol–water partition coefficient (Wildman–Crippen LogP) is 3.04. The number of nitrogens with one attached hydrogen (secondary N) is 1. The standard InChI is InChI=1S/C12H15N5S2/c1-4-10-15-16-11(19-10)13-5-9-8(3)14-12-17(9)7(2)6-18-12/h6H,4-5H2,1-3H3,(H,13,16). The van der Waals surface area contributed by atoms with E-state index in [9.17, 15) is 0 Å². The molecule has 100 valence electrons. The Morgan fingerprint density at radius 3 is 2.89 bits per heavy atom. The van der Waals surface area contributed by atoms with Gasteiger partial charge in [0.05, 0.1) is 17.9 Å². The van der Waals surface area contributed by atoms with Gasteiger partial charge in [-0.2, -0.15) is 0 Å². The summed E-state index contributed by atoms with van der Waals surface area (Å²) in [5.41, 5.74) is 3.49. The molecule has 0 aliphatic rings. The third-order valence-electron chi connectivity index (χ3n) is 3.01. The van der Waals surface area contributed by atoms with Crippen LogP contribution >= 0.6 is 22.7 Å². The van der Waals surface area contributed by atoms with Crippen molar-refractivity contribution in [3.05, 3.63) is 27.5 Å². The first-order valence-corrected chi connectivity index (χ1v) is 7.87. The van der Waals surface area contributed by atoms with Gasteiger partial charge in [0.25, 0.3) is 0 Å². The van der Waals surface area contributed by atoms with Crippen molar-refractivity contribution in [2.24, 2.45) is 0 Å². The molecule has 3 aromatic heterocycles. The van der Waals surface area contributed by atoms with Crippen molar-refractivity contribution in [1.82, 2.24) is 19.6 Å². The Bertz CT molecular complexity index is 709. The van der Waals surface area contributed by atoms with E-state index in [1.54, 1.807) is 22.7 Å². The van der Waals surface area contributed by atoms with Crippen LogP contribution in [0.4, 0.5) is 5.13 Å². The smallest absolute Gasteiger partial charge is 0.205 e. The molecule has 0 spiro atoms. The zero-order valence-electron chi connectivity index (χ0n) is 11.1. The summed E-state index contributed by atoms with van der Waals surface area (Å²) in [6.07, 6.45) is 0.930. The van der Waals surface area contributed by atoms with Crippen molar-refractivity contribution in [3.8, 4) is 0 Å². The third-order valence-corrected chi connectivity index (χ3v) is 4.98. The van der Waals surface area contributed by atoms with Crippen LogP contribution in [0.1, 0.15) is 29.0 Å². The summed E-state index contributed by atoms with van der Waals surface area (Å²) < 4.78 is 2.20. The highest BCUT2D eigenvalue weighted by molar-refractivity contribution is 7.15. The summed E-state index contributed by atoms with van der Waals surface area (Å²) in [6.45, 7) is 6.97. The van der Waals surface area contributed by atoms with Gasteiger partial charge in [-0.15, -0.1) is 21.5 Å². The van der Waals surface area contributed by atoms with E-state index in [-0.39, 0.29) is 0 Å². The molecule has 0 fully saturated rings. The second kappa shape index (κ2) is 4.90. The Kier molecular flexibility index (Phi) is 3.24. The van der Waals surface area contributed by atoms with E-state index < -0.39 is 0 Å². The normalized spacial score (nSPS) is 11.3. The molecule has 0 bridgehead atoms. The highest BCUT2D eigenvalue weighted by Gasteiger charge is 2.12. The molecule has 0 aliphatic carbocycles. The van der Waals surface area contributed by atoms with Crippen LogP contribution in [-0.4, -0.2) is 19.6 Å². The van der Waals surface area contributed by atoms with Gasteiger partial charge in [-0.05, 0) is 20.3 Å². The van der Waals surface area contributed by atoms with E-state index in [0.29, 0.717) is 0 Å². The summed E-state index contributed by atoms with van der Waals surface area (Å²) in [7, 11) is 0. The Labute approximate surface area is 119 Å². The van der Waals surface area contributed by atoms with Gasteiger partial charge in [-0.1, -0.05) is 18.3 Å². The average molecular weight is 293 g/mol. The van der Waals surface area contributed by atoms with Crippen LogP contribution in [-0.2, 0) is 13.0 Å². The fourth-order valence-corrected chi connectivity index (χ4v) is 3.61. The number of nitrogens with zero attached hydrogens (tertiary/aromatic N) is 4. The van der Waals surface area contributed by atoms with Crippen molar-refractivity contribution in [1.29, 1.82) is 0 Å². The monoisotopic (exact) mass is 293 g/mol. The minimum atomic E-state index is 0.725. The van der Waals surface area contributed by atoms with Gasteiger partial charge in [-0.25, -0.2) is 4.98 Å². The van der Waals surface area contributed by atoms with E-state index in [1.807, 2.05) is 6.92 Å². The van der Waals surface area contributed by atoms with Gasteiger partial charge in [-0.3, -0.25) is 4.40 Å². The first-order valence-electron chi connectivity index (χ1n) is 6.17. The average Bonchev–Trinajstić information content (AvgIpc) is 3.06. The summed E-state index contributed by atoms with van der Waals surface area (Å²) in [5, 5.41) is 15.7. The highest BCUT2D eigenvalue weighted by atomic mass is 32.1. The fourth-order valence-electron chi connectivity index (χ4n) is 2.00. The molecule has 0 aromatic carbocycles. The fraction of sp³-hybridized carbons (Fsp3) is 0.417. The van der Waals surface area contributed by atoms with Crippen LogP contribution in [0.5, 0.6) is 0 Å². The molecular weight excluding hydrogens is 278 g/mol. The number of hydrogen-bond acceptors (Lipinski definition) is 6. The molecular formula is C12H15N5S2. The Balaban J connectivity index is 1.84. The molecule has 0 unspecified atom stereocenters. The van der Waals surface area contributed by atoms with Crippen LogP contribution in [0.15, 0.2) is 5.38 Å². The topological polar surface area (TPSA) is 55.1 Å². The molecule has 19 heavy (non-hydrogen) atoms. The number of fused-ring (bicyclic) bond motifs is 1. The molecule has 1 N–H and O–H groups in total. The quantitative estimate of drug-likeness (QED) is 0.803. The second-order valence-corrected chi connectivity index (χ2v) is 6.25. The molecule has 0 atom stereocenters. The van der Waals surface area contributed by atoms with Gasteiger partial charge in [0.2, 0.25) is 5.13 Å². The lowest BCUT2D eigenvalue weighted by Gasteiger charge is -2.03. The van der Waals surface area contributed by atoms with Crippen LogP contribution in [0.2, 0.25) is 0 Å². The molecule has 0 saturated heterocycles. The molecule has 7 heteroatoms. The highest BCUT2D eigenvalue weighted by Crippen LogP contribution is 2.22. The molecule has 5 nitrogen and oxygen atoms in total. The maximum Gasteiger partial charge on any atom is 0.205 e. The molecule has 3 aromatic rings. The number of thiazole rings is 1. The molecule has 0 radical (unpaired) electrons. The Hall–Kier alpha value is -1.47. The van der Waals surface area contributed by atoms with Gasteiger partial charge < -0.3 is 5.32 Å². The predicted molar refractivity (Wildman–Crippen MR) is 79.2 cm³/mol. The van der Waals surface area contributed by atoms with Crippen molar-refractivity contribution < 1.29 is 0 Å². The van der Waals surface area contributed by atoms with E-state index in [2.05, 4.69) is 44.1 Å². The first-order chi connectivity index (χ1) is 9.19. The maximum atomic E-state index is 4.58. The number of hydrogen-bond donors (Lipinski definition) is 1. The molecule has 0 aliphatic heterocycles. The van der Waals surface area contributed by atoms with Gasteiger partial charge >= 0.3 is 0 Å². The lowest BCUT2D eigenvalue weighted by atomic mass is 10.3. The van der Waals surface area contributed by atoms with Gasteiger partial charge in [0.1, 0.15) is 5.01 Å². The number of rotatable bonds is 4. The SMILES string of the molecule is CCc1nnc(NCc2c(C)nc3scc(C)n23)s1. The summed E-state index contributed by atoms with van der Waals surface area (Å²) in [4.78, 5) is 5.63.